The maximum atomic E-state index is 14.2. The van der Waals surface area contributed by atoms with E-state index >= 15 is 0 Å². The summed E-state index contributed by atoms with van der Waals surface area (Å²) in [6.07, 6.45) is -0.404. The zero-order valence-electron chi connectivity index (χ0n) is 32.4. The van der Waals surface area contributed by atoms with Gasteiger partial charge in [0.1, 0.15) is 29.9 Å². The molecule has 3 aromatic rings. The summed E-state index contributed by atoms with van der Waals surface area (Å²) in [6, 6.07) is 6.00. The number of ether oxygens (including phenoxy) is 3. The van der Waals surface area contributed by atoms with E-state index in [1.165, 1.54) is 4.57 Å². The minimum Gasteiger partial charge on any atom is -0.481 e. The molecule has 2 aliphatic rings. The van der Waals surface area contributed by atoms with Crippen molar-refractivity contribution < 1.29 is 48.1 Å². The van der Waals surface area contributed by atoms with Crippen LogP contribution in [0.25, 0.3) is 22.3 Å². The first kappa shape index (κ1) is 40.4. The Morgan fingerprint density at radius 2 is 1.75 bits per heavy atom. The lowest BCUT2D eigenvalue weighted by Crippen LogP contribution is -2.56. The average molecular weight is 762 g/mol. The van der Waals surface area contributed by atoms with Gasteiger partial charge in [-0.3, -0.25) is 14.4 Å². The molecule has 0 spiro atoms. The quantitative estimate of drug-likeness (QED) is 0.0845. The Morgan fingerprint density at radius 1 is 1.05 bits per heavy atom. The molecule has 2 aliphatic heterocycles. The number of para-hydroxylation sites is 1. The fourth-order valence-electron chi connectivity index (χ4n) is 6.42. The van der Waals surface area contributed by atoms with Gasteiger partial charge in [0.25, 0.3) is 5.56 Å². The van der Waals surface area contributed by atoms with Crippen LogP contribution >= 0.6 is 0 Å². The molecular weight excluding hydrogens is 714 g/mol. The van der Waals surface area contributed by atoms with Crippen LogP contribution in [0.15, 0.2) is 40.3 Å². The van der Waals surface area contributed by atoms with Crippen LogP contribution in [0.2, 0.25) is 0 Å². The molecular formula is C39H47N5O11. The standard InChI is InChI=1S/C39H47N5O11/c1-10-39(53-34(49)30(20(2)3)43-32(47)27(16-29(45)46)42-36(51)54-37(4,5)6)25-15-28-31-23(18-44(28)33(48)24(25)19-52-35(39)50)22(17-40-55-38(7,8)9)21-13-11-12-14-26(21)41-31/h11-15,17,20,27,30H,10,16,18-19H2,1-9H3,(H,42,51)(H,43,47)(H,45,46)/b40-17+/t27-,30-,39-/m0/s1. The molecule has 294 valence electrons. The van der Waals surface area contributed by atoms with Crippen LogP contribution < -0.4 is 16.2 Å². The first-order chi connectivity index (χ1) is 25.7. The highest BCUT2D eigenvalue weighted by Gasteiger charge is 2.51. The van der Waals surface area contributed by atoms with Gasteiger partial charge in [-0.25, -0.2) is 19.4 Å². The Hall–Kier alpha value is -5.80. The number of amides is 2. The molecule has 0 unspecified atom stereocenters. The summed E-state index contributed by atoms with van der Waals surface area (Å²) < 4.78 is 18.2. The number of oxime groups is 1. The summed E-state index contributed by atoms with van der Waals surface area (Å²) in [7, 11) is 0. The summed E-state index contributed by atoms with van der Waals surface area (Å²) >= 11 is 0. The number of aliphatic carboxylic acids is 1. The number of cyclic esters (lactones) is 1. The second kappa shape index (κ2) is 15.1. The molecule has 4 heterocycles. The third-order valence-corrected chi connectivity index (χ3v) is 8.99. The van der Waals surface area contributed by atoms with Crippen molar-refractivity contribution in [2.75, 3.05) is 0 Å². The van der Waals surface area contributed by atoms with Crippen LogP contribution in [0.3, 0.4) is 0 Å². The topological polar surface area (TPSA) is 214 Å². The number of fused-ring (bicyclic) bond motifs is 5. The number of nitrogens with one attached hydrogen (secondary N) is 2. The van der Waals surface area contributed by atoms with E-state index in [-0.39, 0.29) is 30.7 Å². The first-order valence-electron chi connectivity index (χ1n) is 18.0. The van der Waals surface area contributed by atoms with Crippen LogP contribution in [0.4, 0.5) is 4.79 Å². The molecule has 3 N–H and O–H groups in total. The Kier molecular flexibility index (Phi) is 11.1. The highest BCUT2D eigenvalue weighted by Crippen LogP contribution is 2.42. The van der Waals surface area contributed by atoms with Gasteiger partial charge >= 0.3 is 24.0 Å². The zero-order valence-corrected chi connectivity index (χ0v) is 32.4. The number of pyridine rings is 2. The van der Waals surface area contributed by atoms with Gasteiger partial charge in [-0.2, -0.15) is 0 Å². The second-order valence-electron chi connectivity index (χ2n) is 15.8. The molecule has 5 rings (SSSR count). The number of carboxylic acid groups (broad SMARTS) is 1. The van der Waals surface area contributed by atoms with Gasteiger partial charge in [0.2, 0.25) is 11.5 Å². The van der Waals surface area contributed by atoms with Gasteiger partial charge in [-0.1, -0.05) is 44.1 Å². The number of nitrogens with zero attached hydrogens (tertiary/aromatic N) is 3. The lowest BCUT2D eigenvalue weighted by atomic mass is 9.85. The SMILES string of the molecule is CC[C@@]1(OC(=O)[C@@H](NC(=O)[C@H](CC(=O)O)NC(=O)OC(C)(C)C)C(C)C)C(=O)OCc2c1cc1n(c2=O)Cc2c-1nc1ccccc1c2/C=N/OC(C)(C)C. The van der Waals surface area contributed by atoms with Gasteiger partial charge in [0.05, 0.1) is 41.6 Å². The fraction of sp³-hybridized carbons (Fsp3) is 0.487. The summed E-state index contributed by atoms with van der Waals surface area (Å²) in [5.41, 5.74) is -0.952. The first-order valence-corrected chi connectivity index (χ1v) is 18.0. The number of hydrogen-bond donors (Lipinski definition) is 3. The number of hydrogen-bond acceptors (Lipinski definition) is 12. The maximum Gasteiger partial charge on any atom is 0.408 e. The summed E-state index contributed by atoms with van der Waals surface area (Å²) in [5, 5.41) is 19.2. The lowest BCUT2D eigenvalue weighted by molar-refractivity contribution is -0.191. The van der Waals surface area contributed by atoms with Crippen LogP contribution in [0.5, 0.6) is 0 Å². The third-order valence-electron chi connectivity index (χ3n) is 8.99. The van der Waals surface area contributed by atoms with Crippen molar-refractivity contribution in [2.45, 2.75) is 117 Å². The van der Waals surface area contributed by atoms with Gasteiger partial charge in [0.15, 0.2) is 0 Å². The number of benzene rings is 1. The number of esters is 2. The van der Waals surface area contributed by atoms with E-state index in [1.807, 2.05) is 45.0 Å². The van der Waals surface area contributed by atoms with Crippen molar-refractivity contribution in [2.24, 2.45) is 11.1 Å². The van der Waals surface area contributed by atoms with Crippen molar-refractivity contribution in [3.05, 3.63) is 62.9 Å². The number of carbonyl (C=O) groups excluding carboxylic acids is 4. The molecule has 0 fully saturated rings. The van der Waals surface area contributed by atoms with E-state index in [1.54, 1.807) is 53.8 Å². The summed E-state index contributed by atoms with van der Waals surface area (Å²) in [4.78, 5) is 90.1. The molecule has 0 saturated heterocycles. The molecule has 1 aromatic carbocycles. The highest BCUT2D eigenvalue weighted by atomic mass is 16.6. The Morgan fingerprint density at radius 3 is 2.36 bits per heavy atom. The molecule has 55 heavy (non-hydrogen) atoms. The molecule has 3 atom stereocenters. The number of carboxylic acids is 1. The predicted octanol–water partition coefficient (Wildman–Crippen LogP) is 4.29. The molecule has 2 amide bonds. The molecule has 2 aromatic heterocycles. The second-order valence-corrected chi connectivity index (χ2v) is 15.8. The van der Waals surface area contributed by atoms with Crippen molar-refractivity contribution in [3.8, 4) is 11.4 Å². The van der Waals surface area contributed by atoms with E-state index < -0.39 is 76.7 Å². The normalized spacial score (nSPS) is 17.5. The summed E-state index contributed by atoms with van der Waals surface area (Å²) in [5.74, 6) is -5.01. The average Bonchev–Trinajstić information content (AvgIpc) is 3.44. The van der Waals surface area contributed by atoms with Crippen molar-refractivity contribution in [1.29, 1.82) is 0 Å². The van der Waals surface area contributed by atoms with Gasteiger partial charge in [-0.05, 0) is 66.0 Å². The van der Waals surface area contributed by atoms with Gasteiger partial charge < -0.3 is 39.4 Å². The van der Waals surface area contributed by atoms with E-state index in [4.69, 9.17) is 24.0 Å². The van der Waals surface area contributed by atoms with Gasteiger partial charge in [0, 0.05) is 22.1 Å². The minimum absolute atomic E-state index is 0.106. The molecule has 0 aliphatic carbocycles. The van der Waals surface area contributed by atoms with Crippen molar-refractivity contribution in [1.82, 2.24) is 20.2 Å². The van der Waals surface area contributed by atoms with Crippen LogP contribution in [0, 0.1) is 5.92 Å². The maximum absolute atomic E-state index is 14.2. The van der Waals surface area contributed by atoms with E-state index in [0.717, 1.165) is 5.39 Å². The zero-order chi connectivity index (χ0) is 40.6. The molecule has 16 nitrogen and oxygen atoms in total. The molecule has 0 radical (unpaired) electrons. The van der Waals surface area contributed by atoms with E-state index in [9.17, 15) is 33.9 Å². The monoisotopic (exact) mass is 761 g/mol. The molecule has 0 bridgehead atoms. The fourth-order valence-corrected chi connectivity index (χ4v) is 6.42. The molecule has 0 saturated carbocycles. The highest BCUT2D eigenvalue weighted by molar-refractivity contribution is 6.02. The van der Waals surface area contributed by atoms with Crippen molar-refractivity contribution >= 4 is 47.0 Å². The van der Waals surface area contributed by atoms with E-state index in [0.29, 0.717) is 28.0 Å². The largest absolute Gasteiger partial charge is 0.481 e. The number of rotatable bonds is 11. The number of carbonyl (C=O) groups is 5. The number of alkyl carbamates (subject to hydrolysis) is 1. The number of aromatic nitrogens is 2. The van der Waals surface area contributed by atoms with Crippen LogP contribution in [0.1, 0.15) is 97.4 Å². The van der Waals surface area contributed by atoms with Crippen LogP contribution in [-0.4, -0.2) is 74.1 Å². The predicted molar refractivity (Wildman–Crippen MR) is 199 cm³/mol. The molecule has 16 heteroatoms. The van der Waals surface area contributed by atoms with Gasteiger partial charge in [-0.15, -0.1) is 0 Å². The van der Waals surface area contributed by atoms with Crippen LogP contribution in [-0.2, 0) is 57.0 Å². The van der Waals surface area contributed by atoms with Crippen molar-refractivity contribution in [3.63, 3.8) is 0 Å². The third kappa shape index (κ3) is 8.47. The lowest BCUT2D eigenvalue weighted by Gasteiger charge is -2.37. The Bertz CT molecular complexity index is 2140. The van der Waals surface area contributed by atoms with E-state index in [2.05, 4.69) is 15.8 Å². The smallest absolute Gasteiger partial charge is 0.408 e. The summed E-state index contributed by atoms with van der Waals surface area (Å²) in [6.45, 7) is 14.9. The Labute approximate surface area is 317 Å². The Balaban J connectivity index is 1.53. The minimum atomic E-state index is -2.10.